The van der Waals surface area contributed by atoms with E-state index in [2.05, 4.69) is 20.8 Å². The third-order valence-corrected chi connectivity index (χ3v) is 18.0. The third-order valence-electron chi connectivity index (χ3n) is 18.0. The molecule has 2 aliphatic heterocycles. The molecule has 8 aliphatic carbocycles. The average molecular weight is 939 g/mol. The van der Waals surface area contributed by atoms with Crippen LogP contribution >= 0.6 is 0 Å². The lowest BCUT2D eigenvalue weighted by atomic mass is 9.52. The van der Waals surface area contributed by atoms with E-state index in [1.54, 1.807) is 0 Å². The van der Waals surface area contributed by atoms with Crippen LogP contribution in [0.2, 0.25) is 0 Å². The Morgan fingerprint density at radius 1 is 0.667 bits per heavy atom. The molecule has 2 heterocycles. The van der Waals surface area contributed by atoms with E-state index in [1.165, 1.54) is 19.3 Å². The molecule has 390 valence electrons. The van der Waals surface area contributed by atoms with Crippen molar-refractivity contribution >= 4 is 23.9 Å². The Balaban J connectivity index is 0.000000919. The van der Waals surface area contributed by atoms with Crippen LogP contribution in [-0.2, 0) is 42.9 Å². The van der Waals surface area contributed by atoms with Gasteiger partial charge in [-0.15, -0.1) is 0 Å². The van der Waals surface area contributed by atoms with Gasteiger partial charge in [-0.05, 0) is 173 Å². The van der Waals surface area contributed by atoms with Gasteiger partial charge in [0.2, 0.25) is 0 Å². The van der Waals surface area contributed by atoms with Crippen molar-refractivity contribution in [2.24, 2.45) is 56.7 Å². The number of rotatable bonds is 11. The number of ether oxygens (including phenoxy) is 5. The summed E-state index contributed by atoms with van der Waals surface area (Å²) in [5.74, 6) is 1.80. The zero-order valence-electron chi connectivity index (χ0n) is 39.8. The first-order valence-electron chi connectivity index (χ1n) is 23.9. The van der Waals surface area contributed by atoms with Crippen LogP contribution in [0.4, 0.5) is 0 Å². The molecule has 0 aromatic heterocycles. The summed E-state index contributed by atoms with van der Waals surface area (Å²) in [6, 6.07) is 0. The average Bonchev–Trinajstić information content (AvgIpc) is 3.37. The highest BCUT2D eigenvalue weighted by Crippen LogP contribution is 2.66. The zero-order valence-corrected chi connectivity index (χ0v) is 39.8. The molecular weight excluding hydrogens is 833 g/mol. The van der Waals surface area contributed by atoms with Gasteiger partial charge in [0.05, 0.1) is 33.9 Å². The second kappa shape index (κ2) is 22.3. The molecule has 0 amide bonds. The van der Waals surface area contributed by atoms with Crippen molar-refractivity contribution in [3.05, 3.63) is 0 Å². The normalized spacial score (nSPS) is 36.1. The standard InChI is InChI=1S/C18H32O3.C16H24O4.C16H26O3.6CH4/c1-8-16(3,4)15(19)21-12(2)20-14-11-13-9-10-18(14,7)17(13,5)6;1-4-15(2,3)14(18)20-16-7-10-5-11(8-16)13(17)19-12(6-10)9-16;1-4-14(2,3)13(17)19-16-8-11-5-12(9-16)7-15(18,6-11)10-16;;;;;;/h12-14H,8-11H2,1-7H3;10-12H,4-9H2,1-3H3;11-12,18H,4-10H2,1-3H3;6*1H4. The topological polar surface area (TPSA) is 135 Å². The molecule has 66 heavy (non-hydrogen) atoms. The van der Waals surface area contributed by atoms with Crippen LogP contribution in [0.25, 0.3) is 0 Å². The lowest BCUT2D eigenvalue weighted by Gasteiger charge is -2.59. The lowest BCUT2D eigenvalue weighted by molar-refractivity contribution is -0.225. The molecule has 0 spiro atoms. The maximum absolute atomic E-state index is 12.4. The summed E-state index contributed by atoms with van der Waals surface area (Å²) in [5, 5.41) is 10.6. The van der Waals surface area contributed by atoms with Gasteiger partial charge in [0.25, 0.3) is 0 Å². The molecule has 10 nitrogen and oxygen atoms in total. The molecule has 10 bridgehead atoms. The second-order valence-electron chi connectivity index (χ2n) is 24.0. The van der Waals surface area contributed by atoms with Crippen LogP contribution in [0.5, 0.6) is 0 Å². The van der Waals surface area contributed by atoms with Crippen molar-refractivity contribution < 1.29 is 48.0 Å². The van der Waals surface area contributed by atoms with E-state index in [0.29, 0.717) is 42.4 Å². The SMILES string of the molecule is C.C.C.C.C.C.CCC(C)(C)C(=O)OC(C)OC1CC2CCC1(C)C2(C)C.CCC(C)(C)C(=O)OC12CC3CC(C1)OC(=O)C(C3)C2.CCC(C)(C)C(=O)OC12CC3CC(CC(O)(C3)C1)C2. The predicted octanol–water partition coefficient (Wildman–Crippen LogP) is 14.2. The maximum atomic E-state index is 12.4. The quantitative estimate of drug-likeness (QED) is 0.121. The van der Waals surface area contributed by atoms with Crippen molar-refractivity contribution in [3.8, 4) is 0 Å². The largest absolute Gasteiger partial charge is 0.462 e. The van der Waals surface area contributed by atoms with Gasteiger partial charge >= 0.3 is 23.9 Å². The van der Waals surface area contributed by atoms with E-state index in [0.717, 1.165) is 76.5 Å². The minimum atomic E-state index is -0.555. The van der Waals surface area contributed by atoms with Gasteiger partial charge in [-0.3, -0.25) is 19.2 Å². The highest BCUT2D eigenvalue weighted by molar-refractivity contribution is 5.78. The van der Waals surface area contributed by atoms with Crippen LogP contribution in [0, 0.1) is 56.7 Å². The van der Waals surface area contributed by atoms with Crippen LogP contribution in [0.1, 0.15) is 244 Å². The zero-order chi connectivity index (χ0) is 44.5. The number of fused-ring (bicyclic) bond motifs is 3. The number of hydrogen-bond donors (Lipinski definition) is 1. The minimum absolute atomic E-state index is 0. The van der Waals surface area contributed by atoms with Gasteiger partial charge < -0.3 is 28.8 Å². The highest BCUT2D eigenvalue weighted by Gasteiger charge is 2.63. The third kappa shape index (κ3) is 12.6. The summed E-state index contributed by atoms with van der Waals surface area (Å²) in [5.41, 5.74) is -2.14. The molecule has 10 fully saturated rings. The molecule has 10 atom stereocenters. The molecule has 10 aliphatic rings. The molecule has 0 aromatic carbocycles. The van der Waals surface area contributed by atoms with E-state index in [4.69, 9.17) is 23.7 Å². The monoisotopic (exact) mass is 939 g/mol. The summed E-state index contributed by atoms with van der Waals surface area (Å²) >= 11 is 0. The fraction of sp³-hybridized carbons (Fsp3) is 0.929. The van der Waals surface area contributed by atoms with E-state index in [-0.39, 0.29) is 97.6 Å². The molecule has 10 unspecified atom stereocenters. The first-order chi connectivity index (χ1) is 27.6. The fourth-order valence-electron chi connectivity index (χ4n) is 12.8. The van der Waals surface area contributed by atoms with Gasteiger partial charge in [0.1, 0.15) is 17.3 Å². The summed E-state index contributed by atoms with van der Waals surface area (Å²) in [6.07, 6.45) is 15.4. The van der Waals surface area contributed by atoms with Crippen molar-refractivity contribution in [3.63, 3.8) is 0 Å². The first-order valence-corrected chi connectivity index (χ1v) is 23.9. The van der Waals surface area contributed by atoms with Gasteiger partial charge in [-0.25, -0.2) is 0 Å². The van der Waals surface area contributed by atoms with Gasteiger partial charge in [-0.1, -0.05) is 86.1 Å². The Morgan fingerprint density at radius 3 is 1.61 bits per heavy atom. The van der Waals surface area contributed by atoms with Crippen molar-refractivity contribution in [1.82, 2.24) is 0 Å². The first kappa shape index (κ1) is 63.8. The molecule has 2 saturated heterocycles. The second-order valence-corrected chi connectivity index (χ2v) is 24.0. The Kier molecular flexibility index (Phi) is 21.5. The maximum Gasteiger partial charge on any atom is 0.313 e. The Morgan fingerprint density at radius 2 is 1.15 bits per heavy atom. The van der Waals surface area contributed by atoms with E-state index in [9.17, 15) is 24.3 Å². The lowest BCUT2D eigenvalue weighted by Crippen LogP contribution is -2.61. The fourth-order valence-corrected chi connectivity index (χ4v) is 12.8. The van der Waals surface area contributed by atoms with Crippen molar-refractivity contribution in [2.45, 2.75) is 279 Å². The number of aliphatic hydroxyl groups is 1. The van der Waals surface area contributed by atoms with Crippen LogP contribution in [0.15, 0.2) is 0 Å². The minimum Gasteiger partial charge on any atom is -0.462 e. The molecule has 1 N–H and O–H groups in total. The van der Waals surface area contributed by atoms with Gasteiger partial charge in [-0.2, -0.15) is 0 Å². The Hall–Kier alpha value is -2.20. The Bertz CT molecular complexity index is 1610. The molecule has 10 rings (SSSR count). The molecule has 0 aromatic rings. The van der Waals surface area contributed by atoms with Crippen LogP contribution < -0.4 is 0 Å². The predicted molar refractivity (Wildman–Crippen MR) is 269 cm³/mol. The van der Waals surface area contributed by atoms with E-state index < -0.39 is 33.7 Å². The van der Waals surface area contributed by atoms with Gasteiger partial charge in [0, 0.05) is 19.3 Å². The number of esters is 4. The number of carbonyl (C=O) groups is 4. The number of hydrogen-bond acceptors (Lipinski definition) is 10. The van der Waals surface area contributed by atoms with Crippen molar-refractivity contribution in [1.29, 1.82) is 0 Å². The van der Waals surface area contributed by atoms with E-state index in [1.807, 2.05) is 69.2 Å². The number of carbonyl (C=O) groups excluding carboxylic acids is 4. The molecular formula is C56H106O10. The van der Waals surface area contributed by atoms with Crippen molar-refractivity contribution in [2.75, 3.05) is 0 Å². The summed E-state index contributed by atoms with van der Waals surface area (Å²) in [6.45, 7) is 26.5. The highest BCUT2D eigenvalue weighted by atomic mass is 16.7. The van der Waals surface area contributed by atoms with Crippen LogP contribution in [0.3, 0.4) is 0 Å². The van der Waals surface area contributed by atoms with Crippen LogP contribution in [-0.4, -0.2) is 64.3 Å². The summed E-state index contributed by atoms with van der Waals surface area (Å²) in [7, 11) is 0. The Labute approximate surface area is 406 Å². The smallest absolute Gasteiger partial charge is 0.313 e. The van der Waals surface area contributed by atoms with E-state index >= 15 is 0 Å². The molecule has 8 saturated carbocycles. The summed E-state index contributed by atoms with van der Waals surface area (Å²) < 4.78 is 29.1. The van der Waals surface area contributed by atoms with Gasteiger partial charge in [0.15, 0.2) is 6.29 Å². The summed E-state index contributed by atoms with van der Waals surface area (Å²) in [4.78, 5) is 48.9. The molecule has 0 radical (unpaired) electrons. The molecule has 10 heteroatoms.